The minimum Gasteiger partial charge on any atom is -0.335 e. The average molecular weight is 338 g/mol. The number of nitrogens with zero attached hydrogens (tertiary/aromatic N) is 2. The number of pyridine rings is 1. The fourth-order valence-corrected chi connectivity index (χ4v) is 3.21. The van der Waals surface area contributed by atoms with Crippen LogP contribution in [0, 0.1) is 6.92 Å². The number of likely N-dealkylation sites (tertiary alicyclic amines) is 1. The predicted molar refractivity (Wildman–Crippen MR) is 101 cm³/mol. The van der Waals surface area contributed by atoms with E-state index in [1.165, 1.54) is 5.56 Å². The molecular weight excluding hydrogens is 312 g/mol. The molecule has 1 aromatic carbocycles. The highest BCUT2D eigenvalue weighted by Gasteiger charge is 2.20. The molecule has 1 aliphatic rings. The molecule has 1 saturated heterocycles. The summed E-state index contributed by atoms with van der Waals surface area (Å²) in [5, 5.41) is 6.01. The lowest BCUT2D eigenvalue weighted by Gasteiger charge is -2.32. The molecule has 132 valence electrons. The highest BCUT2D eigenvalue weighted by atomic mass is 16.2. The van der Waals surface area contributed by atoms with Gasteiger partial charge in [0.05, 0.1) is 0 Å². The third-order valence-electron chi connectivity index (χ3n) is 4.66. The third-order valence-corrected chi connectivity index (χ3v) is 4.66. The van der Waals surface area contributed by atoms with Gasteiger partial charge in [-0.25, -0.2) is 4.79 Å². The zero-order valence-electron chi connectivity index (χ0n) is 14.7. The van der Waals surface area contributed by atoms with Crippen molar-refractivity contribution in [2.75, 3.05) is 25.0 Å². The third kappa shape index (κ3) is 5.57. The molecule has 0 atom stereocenters. The second-order valence-electron chi connectivity index (χ2n) is 6.69. The van der Waals surface area contributed by atoms with Crippen molar-refractivity contribution in [1.29, 1.82) is 0 Å². The Bertz CT molecular complexity index is 681. The number of piperidine rings is 1. The lowest BCUT2D eigenvalue weighted by molar-refractivity contribution is 0.197. The van der Waals surface area contributed by atoms with Crippen molar-refractivity contribution in [2.24, 2.45) is 0 Å². The minimum atomic E-state index is -0.110. The van der Waals surface area contributed by atoms with Crippen LogP contribution in [-0.4, -0.2) is 41.6 Å². The summed E-state index contributed by atoms with van der Waals surface area (Å²) in [6.07, 6.45) is 6.74. The molecule has 0 radical (unpaired) electrons. The Labute approximate surface area is 149 Å². The largest absolute Gasteiger partial charge is 0.335 e. The average Bonchev–Trinajstić information content (AvgIpc) is 2.62. The number of benzene rings is 1. The van der Waals surface area contributed by atoms with Crippen molar-refractivity contribution in [3.05, 3.63) is 59.9 Å². The first kappa shape index (κ1) is 17.4. The number of aromatic nitrogens is 1. The van der Waals surface area contributed by atoms with E-state index in [9.17, 15) is 4.79 Å². The fourth-order valence-electron chi connectivity index (χ4n) is 3.21. The van der Waals surface area contributed by atoms with Gasteiger partial charge in [-0.05, 0) is 61.6 Å². The molecule has 2 aromatic rings. The van der Waals surface area contributed by atoms with E-state index in [4.69, 9.17) is 0 Å². The number of hydrogen-bond donors (Lipinski definition) is 2. The van der Waals surface area contributed by atoms with Crippen molar-refractivity contribution >= 4 is 11.7 Å². The zero-order chi connectivity index (χ0) is 17.5. The Morgan fingerprint density at radius 2 is 1.96 bits per heavy atom. The molecule has 0 spiro atoms. The van der Waals surface area contributed by atoms with E-state index in [1.54, 1.807) is 0 Å². The van der Waals surface area contributed by atoms with E-state index in [0.29, 0.717) is 0 Å². The molecule has 3 rings (SSSR count). The lowest BCUT2D eigenvalue weighted by atomic mass is 10.0. The van der Waals surface area contributed by atoms with Crippen molar-refractivity contribution in [3.8, 4) is 0 Å². The van der Waals surface area contributed by atoms with Gasteiger partial charge in [-0.15, -0.1) is 0 Å². The number of hydrogen-bond acceptors (Lipinski definition) is 3. The molecule has 0 bridgehead atoms. The summed E-state index contributed by atoms with van der Waals surface area (Å²) in [6, 6.07) is 12.1. The van der Waals surface area contributed by atoms with E-state index in [0.717, 1.165) is 50.1 Å². The van der Waals surface area contributed by atoms with Crippen LogP contribution < -0.4 is 10.6 Å². The van der Waals surface area contributed by atoms with Crippen LogP contribution >= 0.6 is 0 Å². The SMILES string of the molecule is Cc1cccc(NC(=O)NC2CCN(CCc3ccncc3)CC2)c1. The van der Waals surface area contributed by atoms with Gasteiger partial charge in [-0.3, -0.25) is 4.98 Å². The van der Waals surface area contributed by atoms with Gasteiger partial charge in [0.1, 0.15) is 0 Å². The van der Waals surface area contributed by atoms with E-state index in [2.05, 4.69) is 32.7 Å². The Morgan fingerprint density at radius 3 is 2.68 bits per heavy atom. The quantitative estimate of drug-likeness (QED) is 0.880. The molecule has 5 heteroatoms. The summed E-state index contributed by atoms with van der Waals surface area (Å²) in [6.45, 7) is 5.14. The number of amides is 2. The highest BCUT2D eigenvalue weighted by molar-refractivity contribution is 5.89. The van der Waals surface area contributed by atoms with Crippen LogP contribution in [0.4, 0.5) is 10.5 Å². The van der Waals surface area contributed by atoms with Crippen molar-refractivity contribution in [2.45, 2.75) is 32.2 Å². The Balaban J connectivity index is 1.38. The molecule has 0 aliphatic carbocycles. The molecule has 2 heterocycles. The molecule has 2 amide bonds. The highest BCUT2D eigenvalue weighted by Crippen LogP contribution is 2.13. The molecule has 5 nitrogen and oxygen atoms in total. The number of nitrogens with one attached hydrogen (secondary N) is 2. The smallest absolute Gasteiger partial charge is 0.319 e. The maximum absolute atomic E-state index is 12.1. The Morgan fingerprint density at radius 1 is 1.20 bits per heavy atom. The van der Waals surface area contributed by atoms with E-state index >= 15 is 0 Å². The van der Waals surface area contributed by atoms with Crippen molar-refractivity contribution < 1.29 is 4.79 Å². The topological polar surface area (TPSA) is 57.3 Å². The van der Waals surface area contributed by atoms with Crippen LogP contribution in [-0.2, 0) is 6.42 Å². The summed E-state index contributed by atoms with van der Waals surface area (Å²) in [4.78, 5) is 18.7. The molecule has 0 unspecified atom stereocenters. The van der Waals surface area contributed by atoms with Crippen LogP contribution in [0.15, 0.2) is 48.8 Å². The molecule has 25 heavy (non-hydrogen) atoms. The van der Waals surface area contributed by atoms with Crippen LogP contribution in [0.25, 0.3) is 0 Å². The molecule has 1 aliphatic heterocycles. The zero-order valence-corrected chi connectivity index (χ0v) is 14.7. The van der Waals surface area contributed by atoms with Gasteiger partial charge in [0.15, 0.2) is 0 Å². The predicted octanol–water partition coefficient (Wildman–Crippen LogP) is 3.22. The molecule has 1 fully saturated rings. The summed E-state index contributed by atoms with van der Waals surface area (Å²) in [7, 11) is 0. The van der Waals surface area contributed by atoms with Gasteiger partial charge < -0.3 is 15.5 Å². The first-order valence-electron chi connectivity index (χ1n) is 8.94. The maximum Gasteiger partial charge on any atom is 0.319 e. The second kappa shape index (κ2) is 8.62. The minimum absolute atomic E-state index is 0.110. The fraction of sp³-hybridized carbons (Fsp3) is 0.400. The van der Waals surface area contributed by atoms with Crippen molar-refractivity contribution in [3.63, 3.8) is 0 Å². The monoisotopic (exact) mass is 338 g/mol. The number of rotatable bonds is 5. The number of anilines is 1. The van der Waals surface area contributed by atoms with E-state index < -0.39 is 0 Å². The van der Waals surface area contributed by atoms with Gasteiger partial charge in [-0.2, -0.15) is 0 Å². The Hall–Kier alpha value is -2.40. The molecule has 0 saturated carbocycles. The second-order valence-corrected chi connectivity index (χ2v) is 6.69. The standard InChI is InChI=1S/C20H26N4O/c1-16-3-2-4-19(15-16)23-20(25)22-18-8-13-24(14-9-18)12-7-17-5-10-21-11-6-17/h2-6,10-11,15,18H,7-9,12-14H2,1H3,(H2,22,23,25). The molecule has 2 N–H and O–H groups in total. The van der Waals surface area contributed by atoms with Gasteiger partial charge in [0, 0.05) is 43.8 Å². The number of urea groups is 1. The normalized spacial score (nSPS) is 15.7. The van der Waals surface area contributed by atoms with Gasteiger partial charge in [0.2, 0.25) is 0 Å². The summed E-state index contributed by atoms with van der Waals surface area (Å²) < 4.78 is 0. The summed E-state index contributed by atoms with van der Waals surface area (Å²) in [5.41, 5.74) is 3.31. The lowest BCUT2D eigenvalue weighted by Crippen LogP contribution is -2.46. The molecule has 1 aromatic heterocycles. The van der Waals surface area contributed by atoms with Crippen LogP contribution in [0.3, 0.4) is 0 Å². The van der Waals surface area contributed by atoms with Crippen LogP contribution in [0.2, 0.25) is 0 Å². The van der Waals surface area contributed by atoms with Gasteiger partial charge in [-0.1, -0.05) is 12.1 Å². The molecular formula is C20H26N4O. The van der Waals surface area contributed by atoms with E-state index in [-0.39, 0.29) is 12.1 Å². The van der Waals surface area contributed by atoms with E-state index in [1.807, 2.05) is 43.6 Å². The van der Waals surface area contributed by atoms with Crippen LogP contribution in [0.1, 0.15) is 24.0 Å². The van der Waals surface area contributed by atoms with Gasteiger partial charge in [0.25, 0.3) is 0 Å². The van der Waals surface area contributed by atoms with Gasteiger partial charge >= 0.3 is 6.03 Å². The number of aryl methyl sites for hydroxylation is 1. The van der Waals surface area contributed by atoms with Crippen molar-refractivity contribution in [1.82, 2.24) is 15.2 Å². The number of carbonyl (C=O) groups excluding carboxylic acids is 1. The first-order chi connectivity index (χ1) is 12.2. The first-order valence-corrected chi connectivity index (χ1v) is 8.94. The Kier molecular flexibility index (Phi) is 6.01. The number of carbonyl (C=O) groups is 1. The summed E-state index contributed by atoms with van der Waals surface area (Å²) >= 11 is 0. The van der Waals surface area contributed by atoms with Crippen LogP contribution in [0.5, 0.6) is 0 Å². The maximum atomic E-state index is 12.1. The summed E-state index contributed by atoms with van der Waals surface area (Å²) in [5.74, 6) is 0.